The van der Waals surface area contributed by atoms with Crippen LogP contribution in [-0.2, 0) is 49.6 Å². The van der Waals surface area contributed by atoms with Crippen LogP contribution in [0, 0.1) is 0 Å². The number of hydrogen-bond donors (Lipinski definition) is 17. The van der Waals surface area contributed by atoms with Gasteiger partial charge in [-0.25, -0.2) is 9.78 Å². The highest BCUT2D eigenvalue weighted by atomic mass is 16.4. The Morgan fingerprint density at radius 1 is 0.838 bits per heavy atom. The number of likely N-dealkylation sites (tertiary alicyclic amines) is 1. The van der Waals surface area contributed by atoms with Gasteiger partial charge in [0.05, 0.1) is 18.9 Å². The number of aliphatic imine (C=N–C) groups is 1. The zero-order valence-electron chi connectivity index (χ0n) is 42.5. The summed E-state index contributed by atoms with van der Waals surface area (Å²) < 4.78 is 0. The largest absolute Gasteiger partial charge is 0.477 e. The van der Waals surface area contributed by atoms with Crippen molar-refractivity contribution in [3.8, 4) is 0 Å². The molecule has 1 aromatic rings. The van der Waals surface area contributed by atoms with E-state index in [1.165, 1.54) is 44.3 Å². The van der Waals surface area contributed by atoms with E-state index in [1.807, 2.05) is 0 Å². The third kappa shape index (κ3) is 22.1. The Balaban J connectivity index is 2.22. The molecule has 0 aliphatic carbocycles. The molecule has 2 heterocycles. The summed E-state index contributed by atoms with van der Waals surface area (Å²) in [6.45, 7) is 4.46. The van der Waals surface area contributed by atoms with Crippen molar-refractivity contribution in [2.45, 2.75) is 152 Å². The van der Waals surface area contributed by atoms with E-state index in [-0.39, 0.29) is 77.1 Å². The van der Waals surface area contributed by atoms with Gasteiger partial charge >= 0.3 is 5.97 Å². The predicted octanol–water partition coefficient (Wildman–Crippen LogP) is -6.33. The van der Waals surface area contributed by atoms with Gasteiger partial charge in [-0.3, -0.25) is 43.3 Å². The number of guanidine groups is 1. The maximum Gasteiger partial charge on any atom is 0.352 e. The predicted molar refractivity (Wildman–Crippen MR) is 271 cm³/mol. The molecule has 29 heteroatoms. The summed E-state index contributed by atoms with van der Waals surface area (Å²) in [7, 11) is 0. The third-order valence-electron chi connectivity index (χ3n) is 11.8. The Labute approximate surface area is 429 Å². The van der Waals surface area contributed by atoms with E-state index in [4.69, 9.17) is 40.1 Å². The van der Waals surface area contributed by atoms with Crippen molar-refractivity contribution < 1.29 is 53.4 Å². The number of aliphatic hydroxyl groups is 1. The Morgan fingerprint density at radius 3 is 2.08 bits per heavy atom. The maximum absolute atomic E-state index is 14.2. The van der Waals surface area contributed by atoms with Gasteiger partial charge in [0.1, 0.15) is 48.1 Å². The number of aliphatic hydroxyl groups excluding tert-OH is 1. The topological polar surface area (TPSA) is 505 Å². The number of unbranched alkanes of at least 4 members (excludes halogenated alkanes) is 2. The van der Waals surface area contributed by atoms with Crippen molar-refractivity contribution in [2.24, 2.45) is 45.1 Å². The minimum atomic E-state index is -1.62. The molecule has 1 aliphatic rings. The number of carbonyl (C=O) groups excluding carboxylic acids is 8. The number of carbonyl (C=O) groups is 9. The summed E-state index contributed by atoms with van der Waals surface area (Å²) in [6.07, 6.45) is 5.47. The summed E-state index contributed by atoms with van der Waals surface area (Å²) in [4.78, 5) is 133. The van der Waals surface area contributed by atoms with Gasteiger partial charge in [0.15, 0.2) is 5.96 Å². The van der Waals surface area contributed by atoms with Crippen molar-refractivity contribution in [3.63, 3.8) is 0 Å². The van der Waals surface area contributed by atoms with Crippen LogP contribution in [-0.4, -0.2) is 177 Å². The highest BCUT2D eigenvalue weighted by molar-refractivity contribution is 5.99. The SMILES string of the molecule is C[C@H](NC(=O)[C@@H](NC(=O)[C@@H](N)CCCCN)[C@@H](O)C(C)(C)N)C(=O)NCC(=O)N[C@H](CCCN)C(=O)N1CCC[C@H]1C(=O)N[C@@H](Cc1cnc[nH]1)C(=O)N[C@@H](CCCCN)C(=O)N/C(=C\CCN=C(N)N)C(=O)O. The number of amides is 8. The number of H-pyrrole nitrogens is 1. The van der Waals surface area contributed by atoms with E-state index in [2.05, 4.69) is 52.2 Å². The fourth-order valence-corrected chi connectivity index (χ4v) is 7.58. The number of nitrogens with zero attached hydrogens (tertiary/aromatic N) is 3. The van der Waals surface area contributed by atoms with Crippen LogP contribution in [0.2, 0.25) is 0 Å². The first-order chi connectivity index (χ1) is 34.9. The van der Waals surface area contributed by atoms with E-state index in [9.17, 15) is 53.4 Å². The lowest BCUT2D eigenvalue weighted by atomic mass is 9.91. The summed E-state index contributed by atoms with van der Waals surface area (Å²) in [5.41, 5.74) is 38.2. The molecule has 1 saturated heterocycles. The second-order valence-electron chi connectivity index (χ2n) is 18.5. The van der Waals surface area contributed by atoms with Crippen LogP contribution in [0.3, 0.4) is 0 Å². The van der Waals surface area contributed by atoms with E-state index < -0.39 is 119 Å². The fraction of sp³-hybridized carbons (Fsp3) is 0.667. The van der Waals surface area contributed by atoms with Crippen LogP contribution >= 0.6 is 0 Å². The Bertz CT molecular complexity index is 2080. The number of rotatable bonds is 34. The zero-order chi connectivity index (χ0) is 55.5. The number of aromatic amines is 1. The molecule has 8 atom stereocenters. The molecule has 29 nitrogen and oxygen atoms in total. The molecule has 1 aliphatic heterocycles. The number of nitrogens with two attached hydrogens (primary N) is 7. The maximum atomic E-state index is 14.2. The molecule has 0 aromatic carbocycles. The van der Waals surface area contributed by atoms with Crippen molar-refractivity contribution in [3.05, 3.63) is 30.0 Å². The third-order valence-corrected chi connectivity index (χ3v) is 11.8. The van der Waals surface area contributed by atoms with Crippen LogP contribution in [0.4, 0.5) is 0 Å². The highest BCUT2D eigenvalue weighted by Crippen LogP contribution is 2.21. The molecule has 0 bridgehead atoms. The van der Waals surface area contributed by atoms with Gasteiger partial charge in [-0.1, -0.05) is 12.5 Å². The molecular formula is C45H80N18O11. The van der Waals surface area contributed by atoms with Crippen LogP contribution in [0.1, 0.15) is 97.1 Å². The second kappa shape index (κ2) is 32.4. The molecule has 0 unspecified atom stereocenters. The van der Waals surface area contributed by atoms with Crippen LogP contribution < -0.4 is 77.4 Å². The monoisotopic (exact) mass is 1050 g/mol. The van der Waals surface area contributed by atoms with Gasteiger partial charge in [0, 0.05) is 36.9 Å². The molecule has 74 heavy (non-hydrogen) atoms. The molecule has 24 N–H and O–H groups in total. The summed E-state index contributed by atoms with van der Waals surface area (Å²) in [5, 5.41) is 38.2. The van der Waals surface area contributed by atoms with Gasteiger partial charge in [0.2, 0.25) is 47.3 Å². The zero-order valence-corrected chi connectivity index (χ0v) is 42.5. The Morgan fingerprint density at radius 2 is 1.49 bits per heavy atom. The molecular weight excluding hydrogens is 969 g/mol. The van der Waals surface area contributed by atoms with E-state index in [0.29, 0.717) is 44.3 Å². The number of carboxylic acid groups (broad SMARTS) is 1. The minimum absolute atomic E-state index is 0.0415. The summed E-state index contributed by atoms with van der Waals surface area (Å²) >= 11 is 0. The number of hydrogen-bond acceptors (Lipinski definition) is 17. The van der Waals surface area contributed by atoms with Gasteiger partial charge in [-0.05, 0) is 105 Å². The standard InChI is InChI=1S/C45H80N18O11/c1-25(57-41(71)34(35(65)45(2,3)52)62-37(67)27(49)11-4-6-16-46)36(66)55-23-33(64)58-29(13-8-18-48)42(72)63-20-10-15-32(63)40(70)61-31(21-26-22-53-24-56-26)39(69)59-28(12-5-7-17-47)38(68)60-30(43(73)74)14-9-19-54-44(50)51/h14,22,24-25,27-29,31-32,34-35,65H,4-13,15-21,23,46-49,52H2,1-3H3,(H,53,56)(H,55,66)(H,57,71)(H,58,64)(H,59,69)(H,60,68)(H,61,70)(H,62,67)(H,73,74)(H4,50,51,54)/b30-14-/t25-,27-,28-,29+,31-,32-,34-,35+/m0/s1. The number of carboxylic acids is 1. The summed E-state index contributed by atoms with van der Waals surface area (Å²) in [6, 6.07) is -8.91. The van der Waals surface area contributed by atoms with E-state index in [1.54, 1.807) is 0 Å². The van der Waals surface area contributed by atoms with Crippen LogP contribution in [0.15, 0.2) is 29.3 Å². The van der Waals surface area contributed by atoms with E-state index in [0.717, 1.165) is 0 Å². The molecule has 0 spiro atoms. The number of aromatic nitrogens is 2. The van der Waals surface area contributed by atoms with Crippen molar-refractivity contribution in [2.75, 3.05) is 39.3 Å². The lowest BCUT2D eigenvalue weighted by Gasteiger charge is -2.33. The van der Waals surface area contributed by atoms with Crippen LogP contribution in [0.25, 0.3) is 0 Å². The number of aliphatic carboxylic acids is 1. The van der Waals surface area contributed by atoms with Crippen molar-refractivity contribution >= 4 is 59.2 Å². The molecule has 2 rings (SSSR count). The molecule has 1 aromatic heterocycles. The summed E-state index contributed by atoms with van der Waals surface area (Å²) in [5.74, 6) is -8.04. The van der Waals surface area contributed by atoms with Gasteiger partial charge in [0.25, 0.3) is 0 Å². The first kappa shape index (κ1) is 63.3. The fourth-order valence-electron chi connectivity index (χ4n) is 7.58. The van der Waals surface area contributed by atoms with Crippen molar-refractivity contribution in [1.29, 1.82) is 0 Å². The quantitative estimate of drug-likeness (QED) is 0.0132. The highest BCUT2D eigenvalue weighted by Gasteiger charge is 2.41. The first-order valence-electron chi connectivity index (χ1n) is 24.6. The van der Waals surface area contributed by atoms with Gasteiger partial charge in [-0.2, -0.15) is 0 Å². The Kier molecular flexibility index (Phi) is 27.7. The molecule has 8 amide bonds. The normalized spacial score (nSPS) is 16.5. The smallest absolute Gasteiger partial charge is 0.352 e. The minimum Gasteiger partial charge on any atom is -0.477 e. The number of nitrogens with one attached hydrogen (secondary N) is 8. The molecule has 416 valence electrons. The average Bonchev–Trinajstić information content (AvgIpc) is 4.06. The molecule has 1 fully saturated rings. The molecule has 0 radical (unpaired) electrons. The Hall–Kier alpha value is -6.79. The number of imidazole rings is 1. The van der Waals surface area contributed by atoms with Crippen molar-refractivity contribution in [1.82, 2.24) is 52.1 Å². The lowest BCUT2D eigenvalue weighted by Crippen LogP contribution is -2.65. The first-order valence-corrected chi connectivity index (χ1v) is 24.6. The van der Waals surface area contributed by atoms with Gasteiger partial charge in [-0.15, -0.1) is 0 Å². The molecule has 0 saturated carbocycles. The lowest BCUT2D eigenvalue weighted by molar-refractivity contribution is -0.142. The van der Waals surface area contributed by atoms with E-state index >= 15 is 0 Å². The average molecular weight is 1050 g/mol. The van der Waals surface area contributed by atoms with Gasteiger partial charge < -0.3 is 97.5 Å². The second-order valence-corrected chi connectivity index (χ2v) is 18.5. The van der Waals surface area contributed by atoms with Crippen LogP contribution in [0.5, 0.6) is 0 Å².